The van der Waals surface area contributed by atoms with Gasteiger partial charge in [-0.05, 0) is 0 Å². The number of benzene rings is 1. The van der Waals surface area contributed by atoms with Crippen molar-refractivity contribution in [1.29, 1.82) is 0 Å². The summed E-state index contributed by atoms with van der Waals surface area (Å²) in [5.74, 6) is 0. The molecule has 0 amide bonds. The maximum absolute atomic E-state index is 5.62. The van der Waals surface area contributed by atoms with Gasteiger partial charge in [0.2, 0.25) is 0 Å². The fourth-order valence-corrected chi connectivity index (χ4v) is 1.52. The molecule has 0 saturated carbocycles. The van der Waals surface area contributed by atoms with Crippen LogP contribution in [-0.4, -0.2) is 0 Å². The van der Waals surface area contributed by atoms with Crippen LogP contribution in [0.4, 0.5) is 0 Å². The Bertz CT molecular complexity index is 218. The van der Waals surface area contributed by atoms with Gasteiger partial charge in [0.25, 0.3) is 0 Å². The standard InChI is InChI=1S/C6Br2Cl2.2Li/c7-3-1-5(9)6(10)2-4(3)8;;/q-2;2*+1. The minimum atomic E-state index is 0. The molecule has 0 unspecified atom stereocenters. The van der Waals surface area contributed by atoms with E-state index in [2.05, 4.69) is 44.0 Å². The van der Waals surface area contributed by atoms with E-state index in [-0.39, 0.29) is 37.7 Å². The molecule has 6 heteroatoms. The summed E-state index contributed by atoms with van der Waals surface area (Å²) in [5.41, 5.74) is 0. The largest absolute Gasteiger partial charge is 1.00 e. The van der Waals surface area contributed by atoms with Crippen molar-refractivity contribution in [3.8, 4) is 0 Å². The van der Waals surface area contributed by atoms with Crippen LogP contribution in [0.2, 0.25) is 10.0 Å². The molecule has 0 saturated heterocycles. The van der Waals surface area contributed by atoms with Gasteiger partial charge < -0.3 is 0 Å². The minimum absolute atomic E-state index is 0. The second-order valence-electron chi connectivity index (χ2n) is 1.51. The van der Waals surface area contributed by atoms with E-state index >= 15 is 0 Å². The topological polar surface area (TPSA) is 0 Å². The molecule has 0 fully saturated rings. The Hall–Kier alpha value is 1.95. The third-order valence-corrected chi connectivity index (χ3v) is 3.21. The van der Waals surface area contributed by atoms with Crippen LogP contribution in [0.3, 0.4) is 0 Å². The summed E-state index contributed by atoms with van der Waals surface area (Å²) in [6, 6.07) is 5.56. The van der Waals surface area contributed by atoms with Crippen molar-refractivity contribution in [2.75, 3.05) is 0 Å². The normalized spacial score (nSPS) is 8.33. The summed E-state index contributed by atoms with van der Waals surface area (Å²) in [6.07, 6.45) is 0. The van der Waals surface area contributed by atoms with Crippen LogP contribution >= 0.6 is 55.1 Å². The van der Waals surface area contributed by atoms with Gasteiger partial charge in [0.1, 0.15) is 0 Å². The predicted octanol–water partition coefficient (Wildman–Crippen LogP) is -1.87. The molecule has 0 heterocycles. The molecule has 0 spiro atoms. The Morgan fingerprint density at radius 3 is 1.33 bits per heavy atom. The van der Waals surface area contributed by atoms with E-state index < -0.39 is 0 Å². The van der Waals surface area contributed by atoms with Gasteiger partial charge in [-0.25, -0.2) is 0 Å². The van der Waals surface area contributed by atoms with Crippen LogP contribution in [0.15, 0.2) is 8.95 Å². The third-order valence-electron chi connectivity index (χ3n) is 0.824. The molecule has 0 bridgehead atoms. The van der Waals surface area contributed by atoms with E-state index in [4.69, 9.17) is 23.2 Å². The van der Waals surface area contributed by atoms with Crippen LogP contribution in [0.1, 0.15) is 0 Å². The maximum Gasteiger partial charge on any atom is 1.00 e. The molecule has 0 aromatic heterocycles. The first kappa shape index (κ1) is 16.4. The zero-order valence-electron chi connectivity index (χ0n) is 6.51. The smallest absolute Gasteiger partial charge is 0.283 e. The van der Waals surface area contributed by atoms with Gasteiger partial charge >= 0.3 is 37.7 Å². The van der Waals surface area contributed by atoms with Crippen molar-refractivity contribution in [3.05, 3.63) is 31.1 Å². The SMILES string of the molecule is Clc1[c-]c(Br)c(Br)[c-]c1Cl.[Li+].[Li+]. The molecule has 1 rings (SSSR count). The van der Waals surface area contributed by atoms with E-state index in [1.54, 1.807) is 0 Å². The van der Waals surface area contributed by atoms with Crippen LogP contribution in [0.25, 0.3) is 0 Å². The average Bonchev–Trinajstić information content (AvgIpc) is 1.84. The van der Waals surface area contributed by atoms with Crippen molar-refractivity contribution in [2.24, 2.45) is 0 Å². The number of hydrogen-bond acceptors (Lipinski definition) is 0. The fraction of sp³-hybridized carbons (Fsp3) is 0. The van der Waals surface area contributed by atoms with Crippen molar-refractivity contribution in [2.45, 2.75) is 0 Å². The van der Waals surface area contributed by atoms with Gasteiger partial charge in [-0.2, -0.15) is 74.1 Å². The Morgan fingerprint density at radius 1 is 0.833 bits per heavy atom. The zero-order chi connectivity index (χ0) is 7.72. The van der Waals surface area contributed by atoms with E-state index in [0.717, 1.165) is 8.95 Å². The second-order valence-corrected chi connectivity index (χ2v) is 3.85. The molecule has 0 N–H and O–H groups in total. The van der Waals surface area contributed by atoms with E-state index in [1.807, 2.05) is 0 Å². The molecule has 1 aromatic rings. The summed E-state index contributed by atoms with van der Waals surface area (Å²) < 4.78 is 1.45. The Labute approximate surface area is 122 Å². The van der Waals surface area contributed by atoms with Gasteiger partial charge in [0, 0.05) is 0 Å². The molecule has 0 aliphatic rings. The molecular weight excluding hydrogens is 317 g/mol. The van der Waals surface area contributed by atoms with Gasteiger partial charge in [0.15, 0.2) is 0 Å². The molecule has 0 aliphatic heterocycles. The summed E-state index contributed by atoms with van der Waals surface area (Å²) in [7, 11) is 0. The van der Waals surface area contributed by atoms with Crippen LogP contribution < -0.4 is 37.7 Å². The van der Waals surface area contributed by atoms with Crippen LogP contribution in [0, 0.1) is 12.1 Å². The van der Waals surface area contributed by atoms with Crippen molar-refractivity contribution in [1.82, 2.24) is 0 Å². The number of rotatable bonds is 0. The van der Waals surface area contributed by atoms with Gasteiger partial charge in [0.05, 0.1) is 0 Å². The fourth-order valence-electron chi connectivity index (χ4n) is 0.412. The predicted molar refractivity (Wildman–Crippen MR) is 49.5 cm³/mol. The van der Waals surface area contributed by atoms with Gasteiger partial charge in [-0.3, -0.25) is 12.1 Å². The molecule has 54 valence electrons. The first-order valence-electron chi connectivity index (χ1n) is 2.26. The first-order chi connectivity index (χ1) is 4.61. The molecule has 0 radical (unpaired) electrons. The summed E-state index contributed by atoms with van der Waals surface area (Å²) >= 11 is 17.6. The monoisotopic (exact) mass is 314 g/mol. The van der Waals surface area contributed by atoms with Crippen molar-refractivity contribution >= 4 is 55.1 Å². The van der Waals surface area contributed by atoms with Gasteiger partial charge in [-0.1, -0.05) is 0 Å². The number of hydrogen-bond donors (Lipinski definition) is 0. The quantitative estimate of drug-likeness (QED) is 0.299. The first-order valence-corrected chi connectivity index (χ1v) is 4.60. The second kappa shape index (κ2) is 7.27. The molecular formula is C6Br2Cl2Li2. The van der Waals surface area contributed by atoms with E-state index in [0.29, 0.717) is 10.0 Å². The molecule has 1 aromatic carbocycles. The van der Waals surface area contributed by atoms with E-state index in [1.165, 1.54) is 0 Å². The Kier molecular flexibility index (Phi) is 9.93. The zero-order valence-corrected chi connectivity index (χ0v) is 11.2. The summed E-state index contributed by atoms with van der Waals surface area (Å²) in [6.45, 7) is 0. The molecule has 0 aliphatic carbocycles. The summed E-state index contributed by atoms with van der Waals surface area (Å²) in [5, 5.41) is 0.744. The molecule has 12 heavy (non-hydrogen) atoms. The average molecular weight is 317 g/mol. The molecule has 0 nitrogen and oxygen atoms in total. The van der Waals surface area contributed by atoms with Crippen molar-refractivity contribution in [3.63, 3.8) is 0 Å². The minimum Gasteiger partial charge on any atom is -0.283 e. The van der Waals surface area contributed by atoms with Crippen LogP contribution in [-0.2, 0) is 0 Å². The Morgan fingerprint density at radius 2 is 1.08 bits per heavy atom. The molecule has 0 atom stereocenters. The van der Waals surface area contributed by atoms with Gasteiger partial charge in [-0.15, -0.1) is 0 Å². The van der Waals surface area contributed by atoms with Crippen molar-refractivity contribution < 1.29 is 37.7 Å². The van der Waals surface area contributed by atoms with Crippen LogP contribution in [0.5, 0.6) is 0 Å². The number of halogens is 4. The summed E-state index contributed by atoms with van der Waals surface area (Å²) in [4.78, 5) is 0. The Balaban J connectivity index is 0. The maximum atomic E-state index is 5.62. The third kappa shape index (κ3) is 4.45. The van der Waals surface area contributed by atoms with E-state index in [9.17, 15) is 0 Å².